The van der Waals surface area contributed by atoms with Crippen molar-refractivity contribution < 1.29 is 0 Å². The van der Waals surface area contributed by atoms with E-state index in [1.165, 1.54) is 32.4 Å². The molecule has 1 aliphatic heterocycles. The SMILES string of the molecule is CC[C@H]1CCCNC1. The van der Waals surface area contributed by atoms with Crippen molar-refractivity contribution in [3.63, 3.8) is 0 Å². The quantitative estimate of drug-likeness (QED) is 0.542. The molecule has 1 rings (SSSR count). The van der Waals surface area contributed by atoms with Crippen LogP contribution in [-0.2, 0) is 0 Å². The Morgan fingerprint density at radius 3 is 2.88 bits per heavy atom. The lowest BCUT2D eigenvalue weighted by Crippen LogP contribution is -2.29. The molecule has 0 aromatic carbocycles. The number of hydrogen-bond acceptors (Lipinski definition) is 1. The van der Waals surface area contributed by atoms with Gasteiger partial charge in [-0.05, 0) is 31.8 Å². The summed E-state index contributed by atoms with van der Waals surface area (Å²) in [6, 6.07) is 0. The Labute approximate surface area is 51.5 Å². The van der Waals surface area contributed by atoms with Crippen LogP contribution in [0, 0.1) is 5.92 Å². The third kappa shape index (κ3) is 1.48. The average molecular weight is 113 g/mol. The molecule has 1 saturated heterocycles. The van der Waals surface area contributed by atoms with Crippen molar-refractivity contribution in [2.45, 2.75) is 26.2 Å². The lowest BCUT2D eigenvalue weighted by Gasteiger charge is -2.20. The normalized spacial score (nSPS) is 30.4. The lowest BCUT2D eigenvalue weighted by atomic mass is 9.97. The summed E-state index contributed by atoms with van der Waals surface area (Å²) in [5.41, 5.74) is 0. The monoisotopic (exact) mass is 113 g/mol. The zero-order valence-electron chi connectivity index (χ0n) is 5.61. The van der Waals surface area contributed by atoms with E-state index >= 15 is 0 Å². The van der Waals surface area contributed by atoms with Crippen molar-refractivity contribution in [1.82, 2.24) is 5.32 Å². The molecule has 0 aliphatic carbocycles. The summed E-state index contributed by atoms with van der Waals surface area (Å²) in [5, 5.41) is 3.39. The second-order valence-corrected chi connectivity index (χ2v) is 2.62. The van der Waals surface area contributed by atoms with Crippen LogP contribution in [0.15, 0.2) is 0 Å². The Hall–Kier alpha value is -0.0400. The number of hydrogen-bond donors (Lipinski definition) is 1. The van der Waals surface area contributed by atoms with Crippen molar-refractivity contribution in [3.8, 4) is 0 Å². The first-order chi connectivity index (χ1) is 3.93. The van der Waals surface area contributed by atoms with Crippen LogP contribution in [0.25, 0.3) is 0 Å². The van der Waals surface area contributed by atoms with Gasteiger partial charge in [0.2, 0.25) is 0 Å². The predicted octanol–water partition coefficient (Wildman–Crippen LogP) is 1.40. The molecule has 1 N–H and O–H groups in total. The van der Waals surface area contributed by atoms with Gasteiger partial charge < -0.3 is 5.32 Å². The summed E-state index contributed by atoms with van der Waals surface area (Å²) in [5.74, 6) is 0.976. The van der Waals surface area contributed by atoms with Crippen molar-refractivity contribution in [2.75, 3.05) is 13.1 Å². The summed E-state index contributed by atoms with van der Waals surface area (Å²) < 4.78 is 0. The summed E-state index contributed by atoms with van der Waals surface area (Å²) in [6.45, 7) is 4.78. The topological polar surface area (TPSA) is 12.0 Å². The molecular weight excluding hydrogens is 98.1 g/mol. The van der Waals surface area contributed by atoms with Crippen molar-refractivity contribution >= 4 is 0 Å². The first-order valence-electron chi connectivity index (χ1n) is 3.64. The largest absolute Gasteiger partial charge is 0.316 e. The van der Waals surface area contributed by atoms with Crippen molar-refractivity contribution in [2.24, 2.45) is 5.92 Å². The molecule has 0 aromatic rings. The zero-order valence-corrected chi connectivity index (χ0v) is 5.61. The number of nitrogens with one attached hydrogen (secondary N) is 1. The molecule has 1 heteroatoms. The van der Waals surface area contributed by atoms with E-state index < -0.39 is 0 Å². The van der Waals surface area contributed by atoms with Crippen LogP contribution in [0.4, 0.5) is 0 Å². The third-order valence-corrected chi connectivity index (χ3v) is 1.98. The first kappa shape index (κ1) is 6.09. The standard InChI is InChI=1S/C7H15N/c1-2-7-4-3-5-8-6-7/h7-8H,2-6H2,1H3/t7-/m0/s1. The molecule has 1 atom stereocenters. The molecule has 1 aliphatic rings. The molecule has 0 unspecified atom stereocenters. The molecule has 48 valence electrons. The average Bonchev–Trinajstić information content (AvgIpc) is 1.90. The van der Waals surface area contributed by atoms with Gasteiger partial charge in [0.15, 0.2) is 0 Å². The van der Waals surface area contributed by atoms with Crippen LogP contribution in [-0.4, -0.2) is 13.1 Å². The molecular formula is C7H15N. The van der Waals surface area contributed by atoms with Gasteiger partial charge in [0.1, 0.15) is 0 Å². The zero-order chi connectivity index (χ0) is 5.82. The minimum Gasteiger partial charge on any atom is -0.316 e. The summed E-state index contributed by atoms with van der Waals surface area (Å²) in [7, 11) is 0. The van der Waals surface area contributed by atoms with Gasteiger partial charge in [-0.15, -0.1) is 0 Å². The van der Waals surface area contributed by atoms with Gasteiger partial charge in [0, 0.05) is 0 Å². The van der Waals surface area contributed by atoms with E-state index in [1.54, 1.807) is 0 Å². The van der Waals surface area contributed by atoms with Gasteiger partial charge in [0.25, 0.3) is 0 Å². The van der Waals surface area contributed by atoms with Gasteiger partial charge in [-0.3, -0.25) is 0 Å². The van der Waals surface area contributed by atoms with Crippen LogP contribution in [0.3, 0.4) is 0 Å². The second kappa shape index (κ2) is 3.08. The molecule has 0 saturated carbocycles. The highest BCUT2D eigenvalue weighted by Gasteiger charge is 2.08. The maximum absolute atomic E-state index is 3.39. The Morgan fingerprint density at radius 2 is 2.50 bits per heavy atom. The van der Waals surface area contributed by atoms with Crippen molar-refractivity contribution in [1.29, 1.82) is 0 Å². The molecule has 0 aromatic heterocycles. The van der Waals surface area contributed by atoms with Crippen LogP contribution in [0.1, 0.15) is 26.2 Å². The van der Waals surface area contributed by atoms with Gasteiger partial charge in [-0.1, -0.05) is 13.3 Å². The highest BCUT2D eigenvalue weighted by atomic mass is 14.9. The van der Waals surface area contributed by atoms with Crippen LogP contribution in [0.5, 0.6) is 0 Å². The Balaban J connectivity index is 2.13. The second-order valence-electron chi connectivity index (χ2n) is 2.62. The fourth-order valence-corrected chi connectivity index (χ4v) is 1.27. The van der Waals surface area contributed by atoms with Crippen molar-refractivity contribution in [3.05, 3.63) is 0 Å². The van der Waals surface area contributed by atoms with Crippen LogP contribution < -0.4 is 5.32 Å². The number of piperidine rings is 1. The van der Waals surface area contributed by atoms with Gasteiger partial charge in [-0.25, -0.2) is 0 Å². The van der Waals surface area contributed by atoms with Gasteiger partial charge >= 0.3 is 0 Å². The highest BCUT2D eigenvalue weighted by molar-refractivity contribution is 4.66. The van der Waals surface area contributed by atoms with E-state index in [1.807, 2.05) is 0 Å². The summed E-state index contributed by atoms with van der Waals surface area (Å²) in [6.07, 6.45) is 4.19. The van der Waals surface area contributed by atoms with Crippen LogP contribution >= 0.6 is 0 Å². The molecule has 0 amide bonds. The van der Waals surface area contributed by atoms with E-state index in [0.29, 0.717) is 0 Å². The van der Waals surface area contributed by atoms with E-state index in [-0.39, 0.29) is 0 Å². The third-order valence-electron chi connectivity index (χ3n) is 1.98. The predicted molar refractivity (Wildman–Crippen MR) is 35.9 cm³/mol. The molecule has 0 bridgehead atoms. The molecule has 1 heterocycles. The summed E-state index contributed by atoms with van der Waals surface area (Å²) >= 11 is 0. The summed E-state index contributed by atoms with van der Waals surface area (Å²) in [4.78, 5) is 0. The number of rotatable bonds is 1. The Bertz CT molecular complexity index is 55.4. The maximum Gasteiger partial charge on any atom is -0.00206 e. The fourth-order valence-electron chi connectivity index (χ4n) is 1.27. The van der Waals surface area contributed by atoms with E-state index in [4.69, 9.17) is 0 Å². The minimum atomic E-state index is 0.976. The maximum atomic E-state index is 3.39. The van der Waals surface area contributed by atoms with Gasteiger partial charge in [0.05, 0.1) is 0 Å². The van der Waals surface area contributed by atoms with E-state index in [9.17, 15) is 0 Å². The smallest absolute Gasteiger partial charge is 0.00206 e. The Kier molecular flexibility index (Phi) is 2.34. The lowest BCUT2D eigenvalue weighted by molar-refractivity contribution is 0.369. The van der Waals surface area contributed by atoms with Gasteiger partial charge in [-0.2, -0.15) is 0 Å². The van der Waals surface area contributed by atoms with E-state index in [2.05, 4.69) is 12.2 Å². The molecule has 0 spiro atoms. The molecule has 1 fully saturated rings. The molecule has 0 radical (unpaired) electrons. The molecule has 1 nitrogen and oxygen atoms in total. The fraction of sp³-hybridized carbons (Fsp3) is 1.00. The minimum absolute atomic E-state index is 0.976. The molecule has 8 heavy (non-hydrogen) atoms. The highest BCUT2D eigenvalue weighted by Crippen LogP contribution is 2.12. The van der Waals surface area contributed by atoms with E-state index in [0.717, 1.165) is 5.92 Å². The van der Waals surface area contributed by atoms with Crippen LogP contribution in [0.2, 0.25) is 0 Å². The Morgan fingerprint density at radius 1 is 1.62 bits per heavy atom. The first-order valence-corrected chi connectivity index (χ1v) is 3.64.